The highest BCUT2D eigenvalue weighted by Crippen LogP contribution is 2.32. The van der Waals surface area contributed by atoms with Crippen molar-refractivity contribution in [1.29, 1.82) is 0 Å². The molecule has 3 rings (SSSR count). The molecule has 0 saturated carbocycles. The minimum absolute atomic E-state index is 0.0679. The van der Waals surface area contributed by atoms with Crippen LogP contribution in [0.15, 0.2) is 36.4 Å². The average Bonchev–Trinajstić information content (AvgIpc) is 2.73. The summed E-state index contributed by atoms with van der Waals surface area (Å²) in [5, 5.41) is 2.96. The van der Waals surface area contributed by atoms with E-state index in [0.717, 1.165) is 22.0 Å². The highest BCUT2D eigenvalue weighted by molar-refractivity contribution is 5.93. The van der Waals surface area contributed by atoms with Crippen molar-refractivity contribution >= 4 is 11.6 Å². The number of methoxy groups -OCH3 is 2. The molecule has 2 N–H and O–H groups in total. The van der Waals surface area contributed by atoms with Crippen LogP contribution in [0.25, 0.3) is 0 Å². The second kappa shape index (κ2) is 8.84. The standard InChI is InChI=1S/C21H26N2O5/c1-14(23(2)13-15-5-7-17(25-3)12-19(15)26-4)21(24)22-16-6-8-18-20(11-16)28-10-9-27-18/h5-8,11-12,14H,9-10,13H2,1-4H3,(H,22,24)/p+1/t14-/m1/s1. The maximum Gasteiger partial charge on any atom is 0.282 e. The summed E-state index contributed by atoms with van der Waals surface area (Å²) in [6, 6.07) is 10.9. The molecule has 1 unspecified atom stereocenters. The van der Waals surface area contributed by atoms with Gasteiger partial charge in [-0.1, -0.05) is 0 Å². The molecule has 0 saturated heterocycles. The van der Waals surface area contributed by atoms with Crippen LogP contribution in [0.5, 0.6) is 23.0 Å². The zero-order valence-electron chi connectivity index (χ0n) is 16.7. The number of quaternary nitrogens is 1. The largest absolute Gasteiger partial charge is 0.497 e. The number of anilines is 1. The van der Waals surface area contributed by atoms with Crippen molar-refractivity contribution in [2.45, 2.75) is 19.5 Å². The van der Waals surface area contributed by atoms with Gasteiger partial charge in [0.2, 0.25) is 0 Å². The summed E-state index contributed by atoms with van der Waals surface area (Å²) in [6.07, 6.45) is 0. The lowest BCUT2D eigenvalue weighted by Crippen LogP contribution is -3.12. The molecule has 2 aromatic rings. The highest BCUT2D eigenvalue weighted by Gasteiger charge is 2.24. The minimum atomic E-state index is -0.264. The third kappa shape index (κ3) is 4.48. The van der Waals surface area contributed by atoms with Gasteiger partial charge in [0.25, 0.3) is 5.91 Å². The Morgan fingerprint density at radius 3 is 2.57 bits per heavy atom. The molecule has 0 aliphatic carbocycles. The number of carbonyl (C=O) groups excluding carboxylic acids is 1. The lowest BCUT2D eigenvalue weighted by molar-refractivity contribution is -0.907. The lowest BCUT2D eigenvalue weighted by atomic mass is 10.1. The predicted molar refractivity (Wildman–Crippen MR) is 106 cm³/mol. The van der Waals surface area contributed by atoms with Crippen LogP contribution in [0.2, 0.25) is 0 Å². The number of hydrogen-bond acceptors (Lipinski definition) is 5. The first-order valence-corrected chi connectivity index (χ1v) is 9.25. The maximum absolute atomic E-state index is 12.7. The topological polar surface area (TPSA) is 70.5 Å². The minimum Gasteiger partial charge on any atom is -0.497 e. The second-order valence-electron chi connectivity index (χ2n) is 6.77. The molecule has 1 heterocycles. The SMILES string of the molecule is COc1ccc(C[NH+](C)[C@H](C)C(=O)Nc2ccc3c(c2)OCCO3)c(OC)c1. The molecule has 0 aromatic heterocycles. The van der Waals surface area contributed by atoms with Crippen molar-refractivity contribution in [1.82, 2.24) is 0 Å². The smallest absolute Gasteiger partial charge is 0.282 e. The van der Waals surface area contributed by atoms with Gasteiger partial charge in [-0.25, -0.2) is 0 Å². The summed E-state index contributed by atoms with van der Waals surface area (Å²) >= 11 is 0. The van der Waals surface area contributed by atoms with Crippen molar-refractivity contribution in [2.24, 2.45) is 0 Å². The van der Waals surface area contributed by atoms with Crippen LogP contribution in [0, 0.1) is 0 Å². The van der Waals surface area contributed by atoms with E-state index in [0.29, 0.717) is 36.9 Å². The molecule has 2 atom stereocenters. The molecule has 28 heavy (non-hydrogen) atoms. The van der Waals surface area contributed by atoms with Gasteiger partial charge in [0, 0.05) is 23.4 Å². The van der Waals surface area contributed by atoms with E-state index in [2.05, 4.69) is 5.32 Å². The van der Waals surface area contributed by atoms with E-state index in [9.17, 15) is 4.79 Å². The fourth-order valence-corrected chi connectivity index (χ4v) is 3.05. The first-order chi connectivity index (χ1) is 13.5. The van der Waals surface area contributed by atoms with Crippen LogP contribution in [0.3, 0.4) is 0 Å². The third-order valence-electron chi connectivity index (χ3n) is 4.91. The normalized spacial score (nSPS) is 14.7. The van der Waals surface area contributed by atoms with Crippen LogP contribution in [0.1, 0.15) is 12.5 Å². The average molecular weight is 387 g/mol. The van der Waals surface area contributed by atoms with Crippen molar-refractivity contribution < 1.29 is 28.6 Å². The first kappa shape index (κ1) is 19.8. The molecule has 0 bridgehead atoms. The van der Waals surface area contributed by atoms with Gasteiger partial charge in [-0.15, -0.1) is 0 Å². The molecule has 2 aromatic carbocycles. The van der Waals surface area contributed by atoms with Gasteiger partial charge in [-0.05, 0) is 31.2 Å². The van der Waals surface area contributed by atoms with Gasteiger partial charge in [0.1, 0.15) is 31.3 Å². The zero-order valence-corrected chi connectivity index (χ0v) is 16.7. The third-order valence-corrected chi connectivity index (χ3v) is 4.91. The maximum atomic E-state index is 12.7. The van der Waals surface area contributed by atoms with Gasteiger partial charge in [0.15, 0.2) is 17.5 Å². The highest BCUT2D eigenvalue weighted by atomic mass is 16.6. The molecule has 0 fully saturated rings. The number of rotatable bonds is 7. The Morgan fingerprint density at radius 1 is 1.11 bits per heavy atom. The molecule has 150 valence electrons. The van der Waals surface area contributed by atoms with Crippen LogP contribution < -0.4 is 29.2 Å². The summed E-state index contributed by atoms with van der Waals surface area (Å²) in [5.41, 5.74) is 1.70. The van der Waals surface area contributed by atoms with E-state index in [1.54, 1.807) is 20.3 Å². The Morgan fingerprint density at radius 2 is 1.86 bits per heavy atom. The number of hydrogen-bond donors (Lipinski definition) is 2. The fourth-order valence-electron chi connectivity index (χ4n) is 3.05. The molecule has 0 radical (unpaired) electrons. The number of carbonyl (C=O) groups is 1. The Balaban J connectivity index is 1.64. The number of ether oxygens (including phenoxy) is 4. The number of benzene rings is 2. The number of fused-ring (bicyclic) bond motifs is 1. The molecule has 1 aliphatic rings. The quantitative estimate of drug-likeness (QED) is 0.754. The fraction of sp³-hybridized carbons (Fsp3) is 0.381. The summed E-state index contributed by atoms with van der Waals surface area (Å²) in [4.78, 5) is 13.8. The van der Waals surface area contributed by atoms with Gasteiger partial charge >= 0.3 is 0 Å². The van der Waals surface area contributed by atoms with Crippen molar-refractivity contribution in [3.05, 3.63) is 42.0 Å². The second-order valence-corrected chi connectivity index (χ2v) is 6.77. The van der Waals surface area contributed by atoms with Gasteiger partial charge in [-0.3, -0.25) is 4.79 Å². The van der Waals surface area contributed by atoms with E-state index in [4.69, 9.17) is 18.9 Å². The van der Waals surface area contributed by atoms with Crippen molar-refractivity contribution in [3.63, 3.8) is 0 Å². The lowest BCUT2D eigenvalue weighted by Gasteiger charge is -2.23. The van der Waals surface area contributed by atoms with E-state index >= 15 is 0 Å². The molecule has 7 heteroatoms. The monoisotopic (exact) mass is 387 g/mol. The van der Waals surface area contributed by atoms with Gasteiger partial charge in [0.05, 0.1) is 21.3 Å². The number of likely N-dealkylation sites (N-methyl/N-ethyl adjacent to an activating group) is 1. The summed E-state index contributed by atoms with van der Waals surface area (Å²) in [7, 11) is 5.24. The van der Waals surface area contributed by atoms with Crippen molar-refractivity contribution in [2.75, 3.05) is 39.8 Å². The first-order valence-electron chi connectivity index (χ1n) is 9.25. The number of nitrogens with one attached hydrogen (secondary N) is 2. The Kier molecular flexibility index (Phi) is 6.26. The van der Waals surface area contributed by atoms with E-state index < -0.39 is 0 Å². The summed E-state index contributed by atoms with van der Waals surface area (Å²) in [6.45, 7) is 3.59. The van der Waals surface area contributed by atoms with Crippen LogP contribution in [-0.2, 0) is 11.3 Å². The molecular weight excluding hydrogens is 360 g/mol. The summed E-state index contributed by atoms with van der Waals surface area (Å²) in [5.74, 6) is 2.77. The van der Waals surface area contributed by atoms with Crippen LogP contribution in [0.4, 0.5) is 5.69 Å². The summed E-state index contributed by atoms with van der Waals surface area (Å²) < 4.78 is 21.8. The molecular formula is C21H27N2O5+. The van der Waals surface area contributed by atoms with Crippen LogP contribution >= 0.6 is 0 Å². The van der Waals surface area contributed by atoms with Crippen molar-refractivity contribution in [3.8, 4) is 23.0 Å². The Labute approximate surface area is 165 Å². The van der Waals surface area contributed by atoms with E-state index in [1.165, 1.54) is 0 Å². The van der Waals surface area contributed by atoms with Gasteiger partial charge < -0.3 is 29.2 Å². The van der Waals surface area contributed by atoms with E-state index in [1.807, 2.05) is 44.3 Å². The molecule has 1 amide bonds. The van der Waals surface area contributed by atoms with Crippen LogP contribution in [-0.4, -0.2) is 46.4 Å². The molecule has 1 aliphatic heterocycles. The molecule has 0 spiro atoms. The Bertz CT molecular complexity index is 840. The van der Waals surface area contributed by atoms with E-state index in [-0.39, 0.29) is 11.9 Å². The van der Waals surface area contributed by atoms with Gasteiger partial charge in [-0.2, -0.15) is 0 Å². The molecule has 7 nitrogen and oxygen atoms in total. The predicted octanol–water partition coefficient (Wildman–Crippen LogP) is 1.52. The zero-order chi connectivity index (χ0) is 20.1. The number of amides is 1. The Hall–Kier alpha value is -2.93.